The van der Waals surface area contributed by atoms with Crippen molar-refractivity contribution in [2.45, 2.75) is 32.8 Å². The average molecular weight is 552 g/mol. The highest BCUT2D eigenvalue weighted by atomic mass is 35.5. The Kier molecular flexibility index (Phi) is 8.68. The Morgan fingerprint density at radius 2 is 1.87 bits per heavy atom. The molecular formula is C29H34ClN5O4. The van der Waals surface area contributed by atoms with Crippen molar-refractivity contribution in [3.05, 3.63) is 47.1 Å². The lowest BCUT2D eigenvalue weighted by Gasteiger charge is -2.35. The molecule has 1 aliphatic rings. The second-order valence-electron chi connectivity index (χ2n) is 10.4. The molecule has 4 rings (SSSR count). The molecular weight excluding hydrogens is 518 g/mol. The summed E-state index contributed by atoms with van der Waals surface area (Å²) in [7, 11) is 1.59. The number of carbonyl (C=O) groups is 1. The number of hydrogen-bond acceptors (Lipinski definition) is 8. The van der Waals surface area contributed by atoms with Crippen LogP contribution in [0, 0.1) is 11.3 Å². The fourth-order valence-corrected chi connectivity index (χ4v) is 4.76. The van der Waals surface area contributed by atoms with Crippen LogP contribution in [0.15, 0.2) is 36.5 Å². The fraction of sp³-hybridized carbons (Fsp3) is 0.414. The van der Waals surface area contributed by atoms with Gasteiger partial charge in [0, 0.05) is 67.2 Å². The maximum Gasteiger partial charge on any atom is 0.410 e. The topological polar surface area (TPSA) is 114 Å². The third-order valence-corrected chi connectivity index (χ3v) is 6.87. The molecule has 39 heavy (non-hydrogen) atoms. The Balaban J connectivity index is 1.37. The van der Waals surface area contributed by atoms with Crippen LogP contribution >= 0.6 is 11.6 Å². The zero-order valence-electron chi connectivity index (χ0n) is 22.8. The van der Waals surface area contributed by atoms with E-state index in [4.69, 9.17) is 36.8 Å². The first-order valence-electron chi connectivity index (χ1n) is 12.9. The SMILES string of the molecule is COc1cc2c(Cl)c(-c3ccc(C#N)cc3N)cnc2cc1OCCCN1CCN(C(=O)OC(C)(C)C)CC1. The summed E-state index contributed by atoms with van der Waals surface area (Å²) >= 11 is 6.78. The van der Waals surface area contributed by atoms with E-state index in [1.807, 2.05) is 32.9 Å². The summed E-state index contributed by atoms with van der Waals surface area (Å²) in [5.41, 5.74) is 8.68. The van der Waals surface area contributed by atoms with Crippen LogP contribution in [-0.2, 0) is 4.74 Å². The van der Waals surface area contributed by atoms with Gasteiger partial charge < -0.3 is 24.8 Å². The fourth-order valence-electron chi connectivity index (χ4n) is 4.46. The van der Waals surface area contributed by atoms with Crippen molar-refractivity contribution in [1.82, 2.24) is 14.8 Å². The van der Waals surface area contributed by atoms with Gasteiger partial charge in [-0.2, -0.15) is 5.26 Å². The van der Waals surface area contributed by atoms with Crippen molar-refractivity contribution in [3.8, 4) is 28.7 Å². The number of nitrogens with two attached hydrogens (primary N) is 1. The van der Waals surface area contributed by atoms with Gasteiger partial charge in [0.05, 0.1) is 35.9 Å². The normalized spacial score (nSPS) is 14.2. The number of nitrogen functional groups attached to an aromatic ring is 1. The van der Waals surface area contributed by atoms with Crippen LogP contribution in [-0.4, -0.2) is 72.9 Å². The number of fused-ring (bicyclic) bond motifs is 1. The lowest BCUT2D eigenvalue weighted by Crippen LogP contribution is -2.50. The van der Waals surface area contributed by atoms with Crippen molar-refractivity contribution < 1.29 is 19.0 Å². The van der Waals surface area contributed by atoms with Gasteiger partial charge in [-0.1, -0.05) is 17.7 Å². The van der Waals surface area contributed by atoms with Crippen LogP contribution in [0.5, 0.6) is 11.5 Å². The predicted octanol–water partition coefficient (Wildman–Crippen LogP) is 5.34. The van der Waals surface area contributed by atoms with Crippen LogP contribution in [0.2, 0.25) is 5.02 Å². The van der Waals surface area contributed by atoms with Gasteiger partial charge in [-0.3, -0.25) is 9.88 Å². The molecule has 9 nitrogen and oxygen atoms in total. The van der Waals surface area contributed by atoms with Crippen molar-refractivity contribution in [1.29, 1.82) is 5.26 Å². The molecule has 0 spiro atoms. The number of amides is 1. The standard InChI is InChI=1S/C29H34ClN5O4/c1-29(2,3)39-28(36)35-11-9-34(10-12-35)8-5-13-38-26-16-24-21(15-25(26)37-4)27(30)22(18-33-24)20-7-6-19(17-31)14-23(20)32/h6-7,14-16,18H,5,8-13,32H2,1-4H3. The van der Waals surface area contributed by atoms with Gasteiger partial charge in [-0.15, -0.1) is 0 Å². The number of methoxy groups -OCH3 is 1. The Morgan fingerprint density at radius 1 is 1.13 bits per heavy atom. The number of anilines is 1. The van der Waals surface area contributed by atoms with Crippen LogP contribution in [0.4, 0.5) is 10.5 Å². The molecule has 0 radical (unpaired) electrons. The van der Waals surface area contributed by atoms with E-state index in [0.29, 0.717) is 69.5 Å². The number of aromatic nitrogens is 1. The number of carbonyl (C=O) groups excluding carboxylic acids is 1. The Hall–Kier alpha value is -3.74. The van der Waals surface area contributed by atoms with Crippen molar-refractivity contribution in [2.75, 3.05) is 52.2 Å². The van der Waals surface area contributed by atoms with E-state index in [1.54, 1.807) is 36.4 Å². The van der Waals surface area contributed by atoms with Gasteiger partial charge in [-0.05, 0) is 45.4 Å². The average Bonchev–Trinajstić information content (AvgIpc) is 2.90. The monoisotopic (exact) mass is 551 g/mol. The zero-order valence-corrected chi connectivity index (χ0v) is 23.5. The van der Waals surface area contributed by atoms with Crippen molar-refractivity contribution >= 4 is 34.3 Å². The lowest BCUT2D eigenvalue weighted by atomic mass is 10.0. The van der Waals surface area contributed by atoms with Gasteiger partial charge in [0.15, 0.2) is 11.5 Å². The van der Waals surface area contributed by atoms with E-state index in [2.05, 4.69) is 16.0 Å². The summed E-state index contributed by atoms with van der Waals surface area (Å²) < 4.78 is 17.1. The molecule has 0 saturated carbocycles. The molecule has 0 unspecified atom stereocenters. The molecule has 0 aliphatic carbocycles. The molecule has 206 valence electrons. The number of nitriles is 1. The first kappa shape index (κ1) is 28.3. The first-order valence-corrected chi connectivity index (χ1v) is 13.3. The third kappa shape index (κ3) is 6.83. The molecule has 3 aromatic rings. The second kappa shape index (κ2) is 12.0. The molecule has 1 aliphatic heterocycles. The summed E-state index contributed by atoms with van der Waals surface area (Å²) in [5, 5.41) is 10.3. The van der Waals surface area contributed by atoms with Crippen LogP contribution < -0.4 is 15.2 Å². The van der Waals surface area contributed by atoms with E-state index in [1.165, 1.54) is 0 Å². The molecule has 2 heterocycles. The third-order valence-electron chi connectivity index (χ3n) is 6.46. The van der Waals surface area contributed by atoms with E-state index < -0.39 is 5.60 Å². The number of ether oxygens (including phenoxy) is 3. The molecule has 1 aromatic heterocycles. The van der Waals surface area contributed by atoms with E-state index in [9.17, 15) is 4.79 Å². The summed E-state index contributed by atoms with van der Waals surface area (Å²) in [6.07, 6.45) is 2.24. The molecule has 1 fully saturated rings. The van der Waals surface area contributed by atoms with Gasteiger partial charge in [0.2, 0.25) is 0 Å². The van der Waals surface area contributed by atoms with E-state index >= 15 is 0 Å². The van der Waals surface area contributed by atoms with Gasteiger partial charge >= 0.3 is 6.09 Å². The van der Waals surface area contributed by atoms with E-state index in [-0.39, 0.29) is 6.09 Å². The van der Waals surface area contributed by atoms with Crippen molar-refractivity contribution in [3.63, 3.8) is 0 Å². The lowest BCUT2D eigenvalue weighted by molar-refractivity contribution is 0.0142. The van der Waals surface area contributed by atoms with E-state index in [0.717, 1.165) is 26.1 Å². The molecule has 1 saturated heterocycles. The minimum Gasteiger partial charge on any atom is -0.493 e. The number of hydrogen-bond donors (Lipinski definition) is 1. The Morgan fingerprint density at radius 3 is 2.51 bits per heavy atom. The van der Waals surface area contributed by atoms with Crippen LogP contribution in [0.3, 0.4) is 0 Å². The van der Waals surface area contributed by atoms with Crippen LogP contribution in [0.1, 0.15) is 32.8 Å². The van der Waals surface area contributed by atoms with Crippen molar-refractivity contribution in [2.24, 2.45) is 0 Å². The highest BCUT2D eigenvalue weighted by Crippen LogP contribution is 2.40. The maximum atomic E-state index is 12.3. The Bertz CT molecular complexity index is 1390. The number of rotatable bonds is 7. The molecule has 0 bridgehead atoms. The molecule has 10 heteroatoms. The highest BCUT2D eigenvalue weighted by molar-refractivity contribution is 6.38. The number of halogens is 1. The number of nitrogens with zero attached hydrogens (tertiary/aromatic N) is 4. The number of pyridine rings is 1. The molecule has 0 atom stereocenters. The van der Waals surface area contributed by atoms with Gasteiger partial charge in [0.1, 0.15) is 5.60 Å². The minimum atomic E-state index is -0.489. The highest BCUT2D eigenvalue weighted by Gasteiger charge is 2.25. The van der Waals surface area contributed by atoms with Crippen LogP contribution in [0.25, 0.3) is 22.0 Å². The maximum absolute atomic E-state index is 12.3. The largest absolute Gasteiger partial charge is 0.493 e. The number of piperazine rings is 1. The number of benzene rings is 2. The second-order valence-corrected chi connectivity index (χ2v) is 10.8. The first-order chi connectivity index (χ1) is 18.6. The summed E-state index contributed by atoms with van der Waals surface area (Å²) in [6.45, 7) is 9.89. The smallest absolute Gasteiger partial charge is 0.410 e. The zero-order chi connectivity index (χ0) is 28.2. The van der Waals surface area contributed by atoms with Gasteiger partial charge in [-0.25, -0.2) is 4.79 Å². The minimum absolute atomic E-state index is 0.255. The Labute approximate surface area is 234 Å². The predicted molar refractivity (Wildman–Crippen MR) is 152 cm³/mol. The molecule has 2 N–H and O–H groups in total. The van der Waals surface area contributed by atoms with Gasteiger partial charge in [0.25, 0.3) is 0 Å². The summed E-state index contributed by atoms with van der Waals surface area (Å²) in [4.78, 5) is 20.9. The summed E-state index contributed by atoms with van der Waals surface area (Å²) in [5.74, 6) is 1.15. The summed E-state index contributed by atoms with van der Waals surface area (Å²) in [6, 6.07) is 10.8. The molecule has 2 aromatic carbocycles. The quantitative estimate of drug-likeness (QED) is 0.309. The molecule has 1 amide bonds.